The quantitative estimate of drug-likeness (QED) is 0.141. The van der Waals surface area contributed by atoms with Crippen LogP contribution in [0.15, 0.2) is 78.4 Å². The summed E-state index contributed by atoms with van der Waals surface area (Å²) in [4.78, 5) is 61.7. The van der Waals surface area contributed by atoms with Gasteiger partial charge < -0.3 is 9.84 Å². The molecule has 2 aromatic heterocycles. The van der Waals surface area contributed by atoms with Crippen LogP contribution in [0.4, 0.5) is 11.5 Å². The maximum absolute atomic E-state index is 15.1. The summed E-state index contributed by atoms with van der Waals surface area (Å²) in [7, 11) is 3.22. The molecule has 1 N–H and O–H groups in total. The lowest BCUT2D eigenvalue weighted by atomic mass is 9.51. The second-order valence-electron chi connectivity index (χ2n) is 14.8. The Bertz CT molecular complexity index is 2510. The number of nitrogens with zero attached hydrogens (tertiary/aromatic N) is 4. The first kappa shape index (κ1) is 34.8. The van der Waals surface area contributed by atoms with E-state index in [2.05, 4.69) is 0 Å². The number of phenolic OH excluding ortho intramolecular Hbond substituents is 1. The molecule has 2 aliphatic carbocycles. The highest BCUT2D eigenvalue weighted by molar-refractivity contribution is 7.22. The summed E-state index contributed by atoms with van der Waals surface area (Å²) < 4.78 is 8.15. The molecule has 2 aliphatic heterocycles. The number of carbonyl (C=O) groups excluding carboxylic acids is 4. The lowest BCUT2D eigenvalue weighted by molar-refractivity contribution is -0.131. The van der Waals surface area contributed by atoms with Crippen molar-refractivity contribution < 1.29 is 29.0 Å². The molecular formula is C41H34Cl2N4O6S. The number of carbonyl (C=O) groups is 4. The van der Waals surface area contributed by atoms with Gasteiger partial charge in [0.2, 0.25) is 23.6 Å². The van der Waals surface area contributed by atoms with E-state index in [1.165, 1.54) is 23.0 Å². The number of fused-ring (bicyclic) bond motifs is 5. The first-order chi connectivity index (χ1) is 25.8. The number of methoxy groups -OCH3 is 1. The number of imide groups is 2. The number of halogens is 2. The number of anilines is 2. The lowest BCUT2D eigenvalue weighted by Crippen LogP contribution is -2.49. The smallest absolute Gasteiger partial charge is 0.242 e. The van der Waals surface area contributed by atoms with Crippen LogP contribution >= 0.6 is 34.5 Å². The number of phenols is 1. The summed E-state index contributed by atoms with van der Waals surface area (Å²) in [6.45, 7) is 3.78. The molecule has 5 aromatic rings. The molecule has 9 rings (SSSR count). The van der Waals surface area contributed by atoms with Gasteiger partial charge in [0.25, 0.3) is 0 Å². The van der Waals surface area contributed by atoms with Crippen LogP contribution in [0.5, 0.6) is 11.5 Å². The van der Waals surface area contributed by atoms with E-state index < -0.39 is 46.8 Å². The molecule has 13 heteroatoms. The third kappa shape index (κ3) is 4.80. The molecule has 0 bridgehead atoms. The van der Waals surface area contributed by atoms with Crippen molar-refractivity contribution in [3.8, 4) is 22.1 Å². The Morgan fingerprint density at radius 3 is 2.39 bits per heavy atom. The third-order valence-corrected chi connectivity index (χ3v) is 13.9. The standard InChI is InChI=1S/C41H34Cl2N4O6S/c1-19-26-15-21(43)7-14-32(26)54-36(19)30-18-33(45(3)44-30)47-38(50)29-17-27-24(35(41(29,2)40(47)52)28-16-23(53-4)10-13-31(28)48)11-12-25-34(27)39(51)46(37(25)49)22-8-5-20(42)6-9-22/h5-11,13-16,18,25,27,29,34-35,48H,12,17H2,1-4H3. The molecule has 3 fully saturated rings. The maximum Gasteiger partial charge on any atom is 0.242 e. The Morgan fingerprint density at radius 2 is 1.65 bits per heavy atom. The SMILES string of the molecule is COc1ccc(O)c(C2C3=CCC4C(=O)N(c5ccc(Cl)cc5)C(=O)C4C3CC3C(=O)N(c4cc(-c5sc6ccc(Cl)cc6c5C)nn4C)C(=O)C32C)c1. The van der Waals surface area contributed by atoms with E-state index in [9.17, 15) is 19.5 Å². The molecule has 4 heterocycles. The number of amides is 4. The molecular weight excluding hydrogens is 747 g/mol. The normalized spacial score (nSPS) is 26.3. The molecule has 54 heavy (non-hydrogen) atoms. The Kier molecular flexibility index (Phi) is 7.91. The van der Waals surface area contributed by atoms with Gasteiger partial charge in [0.15, 0.2) is 0 Å². The Hall–Kier alpha value is -4.97. The number of aryl methyl sites for hydroxylation is 2. The number of thiophene rings is 1. The number of aromatic nitrogens is 2. The van der Waals surface area contributed by atoms with Crippen LogP contribution in [0.25, 0.3) is 20.7 Å². The van der Waals surface area contributed by atoms with Crippen LogP contribution in [0.3, 0.4) is 0 Å². The van der Waals surface area contributed by atoms with E-state index in [-0.39, 0.29) is 30.4 Å². The highest BCUT2D eigenvalue weighted by Crippen LogP contribution is 2.64. The predicted molar refractivity (Wildman–Crippen MR) is 207 cm³/mol. The summed E-state index contributed by atoms with van der Waals surface area (Å²) in [5, 5.41) is 18.4. The molecule has 0 radical (unpaired) electrons. The zero-order valence-electron chi connectivity index (χ0n) is 29.7. The van der Waals surface area contributed by atoms with Gasteiger partial charge in [-0.15, -0.1) is 11.3 Å². The fourth-order valence-corrected chi connectivity index (χ4v) is 11.0. The van der Waals surface area contributed by atoms with Gasteiger partial charge in [-0.25, -0.2) is 4.90 Å². The first-order valence-electron chi connectivity index (χ1n) is 17.6. The van der Waals surface area contributed by atoms with Crippen molar-refractivity contribution in [1.29, 1.82) is 0 Å². The largest absolute Gasteiger partial charge is 0.508 e. The Morgan fingerprint density at radius 1 is 0.907 bits per heavy atom. The molecule has 1 saturated carbocycles. The topological polar surface area (TPSA) is 122 Å². The van der Waals surface area contributed by atoms with Crippen LogP contribution < -0.4 is 14.5 Å². The van der Waals surface area contributed by atoms with Gasteiger partial charge in [-0.3, -0.25) is 28.8 Å². The van der Waals surface area contributed by atoms with E-state index in [1.807, 2.05) is 31.2 Å². The van der Waals surface area contributed by atoms with Crippen LogP contribution in [-0.4, -0.2) is 45.6 Å². The van der Waals surface area contributed by atoms with Crippen molar-refractivity contribution in [1.82, 2.24) is 9.78 Å². The van der Waals surface area contributed by atoms with E-state index in [0.717, 1.165) is 26.1 Å². The minimum absolute atomic E-state index is 0.0667. The van der Waals surface area contributed by atoms with Crippen molar-refractivity contribution in [2.24, 2.45) is 36.1 Å². The van der Waals surface area contributed by atoms with Gasteiger partial charge in [-0.2, -0.15) is 5.10 Å². The lowest BCUT2D eigenvalue weighted by Gasteiger charge is -2.49. The highest BCUT2D eigenvalue weighted by atomic mass is 35.5. The molecule has 4 aliphatic rings. The summed E-state index contributed by atoms with van der Waals surface area (Å²) in [6, 6.07) is 18.9. The number of ether oxygens (including phenoxy) is 1. The number of hydrogen-bond donors (Lipinski definition) is 1. The van der Waals surface area contributed by atoms with E-state index in [0.29, 0.717) is 38.6 Å². The molecule has 3 aromatic carbocycles. The Labute approximate surface area is 324 Å². The highest BCUT2D eigenvalue weighted by Gasteiger charge is 2.68. The van der Waals surface area contributed by atoms with Crippen molar-refractivity contribution in [3.63, 3.8) is 0 Å². The van der Waals surface area contributed by atoms with E-state index >= 15 is 4.79 Å². The van der Waals surface area contributed by atoms with Crippen molar-refractivity contribution in [2.45, 2.75) is 32.6 Å². The van der Waals surface area contributed by atoms with Crippen LogP contribution in [0.1, 0.15) is 36.8 Å². The monoisotopic (exact) mass is 780 g/mol. The van der Waals surface area contributed by atoms with E-state index in [1.54, 1.807) is 72.5 Å². The van der Waals surface area contributed by atoms with E-state index in [4.69, 9.17) is 33.0 Å². The van der Waals surface area contributed by atoms with Gasteiger partial charge >= 0.3 is 0 Å². The predicted octanol–water partition coefficient (Wildman–Crippen LogP) is 8.07. The fraction of sp³-hybridized carbons (Fsp3) is 0.293. The van der Waals surface area contributed by atoms with Crippen LogP contribution in [0, 0.1) is 36.0 Å². The molecule has 4 amide bonds. The summed E-state index contributed by atoms with van der Waals surface area (Å²) >= 11 is 14.0. The first-order valence-corrected chi connectivity index (χ1v) is 19.2. The number of allylic oxidation sites excluding steroid dienone is 2. The number of benzene rings is 3. The average Bonchev–Trinajstić information content (AvgIpc) is 3.82. The summed E-state index contributed by atoms with van der Waals surface area (Å²) in [5.74, 6) is -4.48. The van der Waals surface area contributed by atoms with Crippen molar-refractivity contribution >= 4 is 79.8 Å². The van der Waals surface area contributed by atoms with Crippen molar-refractivity contribution in [3.05, 3.63) is 99.6 Å². The van der Waals surface area contributed by atoms with Crippen LogP contribution in [0.2, 0.25) is 10.0 Å². The molecule has 2 saturated heterocycles. The average molecular weight is 782 g/mol. The van der Waals surface area contributed by atoms with Gasteiger partial charge in [-0.05, 0) is 104 Å². The molecule has 10 nitrogen and oxygen atoms in total. The van der Waals surface area contributed by atoms with Gasteiger partial charge in [-0.1, -0.05) is 34.9 Å². The minimum atomic E-state index is -1.37. The number of rotatable bonds is 5. The zero-order chi connectivity index (χ0) is 38.0. The second kappa shape index (κ2) is 12.3. The maximum atomic E-state index is 15.1. The number of hydrogen-bond acceptors (Lipinski definition) is 8. The molecule has 0 spiro atoms. The zero-order valence-corrected chi connectivity index (χ0v) is 32.0. The fourth-order valence-electron chi connectivity index (χ4n) is 9.53. The van der Waals surface area contributed by atoms with Gasteiger partial charge in [0.05, 0.1) is 40.8 Å². The van der Waals surface area contributed by atoms with Crippen LogP contribution in [-0.2, 0) is 26.2 Å². The summed E-state index contributed by atoms with van der Waals surface area (Å²) in [6.07, 6.45) is 2.39. The summed E-state index contributed by atoms with van der Waals surface area (Å²) in [5.41, 5.74) is 1.83. The van der Waals surface area contributed by atoms with Gasteiger partial charge in [0.1, 0.15) is 23.0 Å². The number of aromatic hydroxyl groups is 1. The molecule has 6 atom stereocenters. The second-order valence-corrected chi connectivity index (χ2v) is 16.7. The molecule has 6 unspecified atom stereocenters. The minimum Gasteiger partial charge on any atom is -0.508 e. The van der Waals surface area contributed by atoms with Crippen molar-refractivity contribution in [2.75, 3.05) is 16.9 Å². The molecule has 274 valence electrons. The third-order valence-electron chi connectivity index (χ3n) is 12.1. The Balaban J connectivity index is 1.16. The van der Waals surface area contributed by atoms with Gasteiger partial charge in [0, 0.05) is 39.3 Å².